The average molecular weight is 352 g/mol. The number of hydrogen-bond acceptors (Lipinski definition) is 7. The van der Waals surface area contributed by atoms with Crippen LogP contribution in [0.3, 0.4) is 0 Å². The Bertz CT molecular complexity index is 678. The number of nitriles is 1. The molecule has 0 heterocycles. The van der Waals surface area contributed by atoms with Crippen LogP contribution in [-0.4, -0.2) is 34.1 Å². The minimum atomic E-state index is -2.85. The molecule has 0 aromatic carbocycles. The van der Waals surface area contributed by atoms with Crippen molar-refractivity contribution in [3.8, 4) is 6.07 Å². The molecule has 0 spiro atoms. The molecule has 0 rings (SSSR count). The number of amides is 4. The molecule has 3 atom stereocenters. The van der Waals surface area contributed by atoms with E-state index < -0.39 is 52.3 Å². The van der Waals surface area contributed by atoms with Crippen molar-refractivity contribution in [1.29, 1.82) is 5.26 Å². The minimum absolute atomic E-state index is 0.472. The van der Waals surface area contributed by atoms with Gasteiger partial charge >= 0.3 is 11.4 Å². The maximum Gasteiger partial charge on any atom is 0.331 e. The first-order valence-corrected chi connectivity index (χ1v) is 6.57. The molecule has 0 fully saturated rings. The Morgan fingerprint density at radius 2 is 1.68 bits per heavy atom. The Morgan fingerprint density at radius 3 is 2.00 bits per heavy atom. The number of nitrogens with zero attached hydrogens (tertiary/aromatic N) is 2. The third-order valence-corrected chi connectivity index (χ3v) is 3.11. The van der Waals surface area contributed by atoms with E-state index >= 15 is 0 Å². The van der Waals surface area contributed by atoms with Gasteiger partial charge in [0, 0.05) is 11.3 Å². The zero-order valence-electron chi connectivity index (χ0n) is 12.8. The van der Waals surface area contributed by atoms with Crippen LogP contribution in [0.4, 0.5) is 0 Å². The van der Waals surface area contributed by atoms with Gasteiger partial charge in [0.1, 0.15) is 11.8 Å². The van der Waals surface area contributed by atoms with Gasteiger partial charge in [0.25, 0.3) is 0 Å². The van der Waals surface area contributed by atoms with Crippen molar-refractivity contribution in [2.24, 2.45) is 34.8 Å². The van der Waals surface area contributed by atoms with E-state index in [4.69, 9.17) is 28.2 Å². The zero-order chi connectivity index (χ0) is 19.8. The Balaban J connectivity index is 6.23. The lowest BCUT2D eigenvalue weighted by Gasteiger charge is -2.23. The van der Waals surface area contributed by atoms with Crippen LogP contribution < -0.4 is 22.9 Å². The van der Waals surface area contributed by atoms with Crippen molar-refractivity contribution >= 4 is 23.6 Å². The Labute approximate surface area is 141 Å². The second-order valence-corrected chi connectivity index (χ2v) is 4.79. The van der Waals surface area contributed by atoms with Crippen LogP contribution in [0.2, 0.25) is 0 Å². The Kier molecular flexibility index (Phi) is 7.46. The standard InChI is InChI=1S/C13H16N6O6/c14-6-7(10(16)21)3-4-8(11(17)22)13(12(18)23,19(24)25)5-1-2-9(15)20/h1,3-5,7-8H,2H2,(H2,15,20)(H2,16,21)(H2,17,22)(H2,18,23). The lowest BCUT2D eigenvalue weighted by Crippen LogP contribution is -2.57. The summed E-state index contributed by atoms with van der Waals surface area (Å²) in [6.45, 7) is 0. The molecular weight excluding hydrogens is 336 g/mol. The van der Waals surface area contributed by atoms with E-state index in [0.29, 0.717) is 6.08 Å². The van der Waals surface area contributed by atoms with Gasteiger partial charge in [-0.05, 0) is 6.08 Å². The fourth-order valence-corrected chi connectivity index (χ4v) is 1.84. The van der Waals surface area contributed by atoms with Gasteiger partial charge in [-0.3, -0.25) is 29.3 Å². The van der Waals surface area contributed by atoms with E-state index in [1.165, 1.54) is 6.07 Å². The predicted octanol–water partition coefficient (Wildman–Crippen LogP) is -2.80. The van der Waals surface area contributed by atoms with Crippen LogP contribution in [0.25, 0.3) is 0 Å². The number of carbonyl (C=O) groups excluding carboxylic acids is 4. The van der Waals surface area contributed by atoms with Gasteiger partial charge in [0.2, 0.25) is 17.7 Å². The summed E-state index contributed by atoms with van der Waals surface area (Å²) in [6, 6.07) is 1.49. The summed E-state index contributed by atoms with van der Waals surface area (Å²) in [7, 11) is 0. The van der Waals surface area contributed by atoms with Crippen LogP contribution in [0.5, 0.6) is 0 Å². The average Bonchev–Trinajstić information content (AvgIpc) is 2.47. The summed E-state index contributed by atoms with van der Waals surface area (Å²) in [6.07, 6.45) is 2.55. The van der Waals surface area contributed by atoms with Gasteiger partial charge in [-0.1, -0.05) is 18.2 Å². The summed E-state index contributed by atoms with van der Waals surface area (Å²) >= 11 is 0. The smallest absolute Gasteiger partial charge is 0.331 e. The lowest BCUT2D eigenvalue weighted by molar-refractivity contribution is -0.542. The molecule has 0 aliphatic rings. The van der Waals surface area contributed by atoms with E-state index in [9.17, 15) is 29.3 Å². The largest absolute Gasteiger partial charge is 0.369 e. The molecule has 0 saturated carbocycles. The number of nitro groups is 1. The minimum Gasteiger partial charge on any atom is -0.369 e. The van der Waals surface area contributed by atoms with Crippen molar-refractivity contribution in [3.05, 3.63) is 34.4 Å². The van der Waals surface area contributed by atoms with Crippen molar-refractivity contribution in [2.45, 2.75) is 12.0 Å². The molecule has 0 saturated heterocycles. The van der Waals surface area contributed by atoms with Crippen LogP contribution in [0, 0.1) is 33.3 Å². The Hall–Kier alpha value is -3.75. The third-order valence-electron chi connectivity index (χ3n) is 3.11. The van der Waals surface area contributed by atoms with E-state index in [2.05, 4.69) is 0 Å². The maximum atomic E-state index is 11.7. The summed E-state index contributed by atoms with van der Waals surface area (Å²) < 4.78 is 0. The first kappa shape index (κ1) is 21.2. The normalized spacial score (nSPS) is 15.8. The second kappa shape index (κ2) is 8.77. The predicted molar refractivity (Wildman–Crippen MR) is 82.0 cm³/mol. The molecule has 4 amide bonds. The van der Waals surface area contributed by atoms with Crippen molar-refractivity contribution in [3.63, 3.8) is 0 Å². The molecule has 0 aromatic rings. The molecule has 3 unspecified atom stereocenters. The van der Waals surface area contributed by atoms with Crippen molar-refractivity contribution < 1.29 is 24.1 Å². The van der Waals surface area contributed by atoms with Gasteiger partial charge in [-0.25, -0.2) is 0 Å². The molecule has 12 heteroatoms. The van der Waals surface area contributed by atoms with Gasteiger partial charge < -0.3 is 22.9 Å². The molecule has 8 N–H and O–H groups in total. The molecule has 25 heavy (non-hydrogen) atoms. The van der Waals surface area contributed by atoms with Crippen molar-refractivity contribution in [2.75, 3.05) is 0 Å². The molecule has 134 valence electrons. The molecule has 0 aliphatic carbocycles. The summed E-state index contributed by atoms with van der Waals surface area (Å²) in [4.78, 5) is 55.5. The molecule has 12 nitrogen and oxygen atoms in total. The monoisotopic (exact) mass is 352 g/mol. The van der Waals surface area contributed by atoms with Crippen molar-refractivity contribution in [1.82, 2.24) is 0 Å². The van der Waals surface area contributed by atoms with Crippen LogP contribution >= 0.6 is 0 Å². The number of hydrogen-bond donors (Lipinski definition) is 4. The highest BCUT2D eigenvalue weighted by Crippen LogP contribution is 2.26. The van der Waals surface area contributed by atoms with E-state index in [0.717, 1.165) is 18.2 Å². The topological polar surface area (TPSA) is 239 Å². The molecule has 0 radical (unpaired) electrons. The molecule has 0 aromatic heterocycles. The first-order valence-electron chi connectivity index (χ1n) is 6.57. The van der Waals surface area contributed by atoms with E-state index in [1.807, 2.05) is 0 Å². The highest BCUT2D eigenvalue weighted by atomic mass is 16.6. The van der Waals surface area contributed by atoms with Gasteiger partial charge in [-0.2, -0.15) is 5.26 Å². The molecule has 0 aliphatic heterocycles. The van der Waals surface area contributed by atoms with Gasteiger partial charge in [0.05, 0.1) is 6.07 Å². The lowest BCUT2D eigenvalue weighted by atomic mass is 9.81. The fourth-order valence-electron chi connectivity index (χ4n) is 1.84. The summed E-state index contributed by atoms with van der Waals surface area (Å²) in [5, 5.41) is 20.2. The Morgan fingerprint density at radius 1 is 1.12 bits per heavy atom. The SMILES string of the molecule is N#CC(C=CC(C(N)=O)C(C=CCC(N)=O)(C(N)=O)[N+](=O)[O-])C(N)=O. The second-order valence-electron chi connectivity index (χ2n) is 4.79. The highest BCUT2D eigenvalue weighted by molar-refractivity contribution is 5.94. The number of primary amides is 4. The highest BCUT2D eigenvalue weighted by Gasteiger charge is 2.56. The molecular formula is C13H16N6O6. The summed E-state index contributed by atoms with van der Waals surface area (Å²) in [5.41, 5.74) is 17.2. The van der Waals surface area contributed by atoms with Crippen LogP contribution in [0.1, 0.15) is 6.42 Å². The van der Waals surface area contributed by atoms with E-state index in [-0.39, 0.29) is 0 Å². The first-order chi connectivity index (χ1) is 11.5. The van der Waals surface area contributed by atoms with Crippen LogP contribution in [-0.2, 0) is 19.2 Å². The fraction of sp³-hybridized carbons (Fsp3) is 0.308. The maximum absolute atomic E-state index is 11.7. The number of carbonyl (C=O) groups is 4. The zero-order valence-corrected chi connectivity index (χ0v) is 12.8. The molecule has 0 bridgehead atoms. The number of rotatable bonds is 10. The quantitative estimate of drug-likeness (QED) is 0.182. The van der Waals surface area contributed by atoms with Gasteiger partial charge in [0.15, 0.2) is 0 Å². The van der Waals surface area contributed by atoms with E-state index in [1.54, 1.807) is 0 Å². The van der Waals surface area contributed by atoms with Gasteiger partial charge in [-0.15, -0.1) is 0 Å². The summed E-state index contributed by atoms with van der Waals surface area (Å²) in [5.74, 6) is -8.32. The van der Waals surface area contributed by atoms with Crippen LogP contribution in [0.15, 0.2) is 24.3 Å². The number of nitrogens with two attached hydrogens (primary N) is 4. The third kappa shape index (κ3) is 5.13.